The summed E-state index contributed by atoms with van der Waals surface area (Å²) in [5.41, 5.74) is 0. The molecule has 7 nitrogen and oxygen atoms in total. The van der Waals surface area contributed by atoms with Crippen molar-refractivity contribution in [3.63, 3.8) is 0 Å². The summed E-state index contributed by atoms with van der Waals surface area (Å²) in [7, 11) is 2.87. The van der Waals surface area contributed by atoms with Crippen LogP contribution in [-0.2, 0) is 14.3 Å². The molecule has 0 aromatic rings. The first-order valence-electron chi connectivity index (χ1n) is 8.39. The van der Waals surface area contributed by atoms with E-state index in [9.17, 15) is 14.4 Å². The Bertz CT molecular complexity index is 506. The number of nitrogens with zero attached hydrogens (tertiary/aromatic N) is 3. The van der Waals surface area contributed by atoms with Crippen molar-refractivity contribution >= 4 is 17.9 Å². The Morgan fingerprint density at radius 1 is 1.26 bits per heavy atom. The summed E-state index contributed by atoms with van der Waals surface area (Å²) in [5, 5.41) is 0. The highest BCUT2D eigenvalue weighted by atomic mass is 16.5. The van der Waals surface area contributed by atoms with Gasteiger partial charge in [0.1, 0.15) is 6.54 Å². The van der Waals surface area contributed by atoms with Crippen molar-refractivity contribution in [3.8, 4) is 0 Å². The fourth-order valence-electron chi connectivity index (χ4n) is 3.87. The predicted octanol–water partition coefficient (Wildman–Crippen LogP) is 0.687. The molecule has 3 rings (SSSR count). The first-order chi connectivity index (χ1) is 11.0. The number of methoxy groups -OCH3 is 1. The number of amides is 3. The number of rotatable bonds is 3. The smallest absolute Gasteiger partial charge is 0.409 e. The van der Waals surface area contributed by atoms with Crippen LogP contribution in [0.15, 0.2) is 0 Å². The van der Waals surface area contributed by atoms with E-state index in [0.717, 1.165) is 25.7 Å². The molecule has 2 heterocycles. The van der Waals surface area contributed by atoms with Gasteiger partial charge in [0.15, 0.2) is 0 Å². The Morgan fingerprint density at radius 3 is 2.65 bits per heavy atom. The molecule has 0 radical (unpaired) electrons. The molecule has 7 heteroatoms. The first kappa shape index (κ1) is 16.1. The van der Waals surface area contributed by atoms with Gasteiger partial charge in [-0.3, -0.25) is 9.59 Å². The second-order valence-corrected chi connectivity index (χ2v) is 6.85. The Labute approximate surface area is 136 Å². The monoisotopic (exact) mass is 323 g/mol. The van der Waals surface area contributed by atoms with Crippen LogP contribution in [0, 0.1) is 5.92 Å². The van der Waals surface area contributed by atoms with Crippen molar-refractivity contribution in [1.82, 2.24) is 14.7 Å². The molecule has 0 aromatic carbocycles. The minimum atomic E-state index is -0.503. The molecular weight excluding hydrogens is 298 g/mol. The van der Waals surface area contributed by atoms with E-state index in [0.29, 0.717) is 43.4 Å². The molecule has 0 N–H and O–H groups in total. The summed E-state index contributed by atoms with van der Waals surface area (Å²) in [6, 6.07) is 0.745. The average Bonchev–Trinajstić information content (AvgIpc) is 3.38. The van der Waals surface area contributed by atoms with E-state index < -0.39 is 6.09 Å². The lowest BCUT2D eigenvalue weighted by atomic mass is 9.83. The zero-order valence-corrected chi connectivity index (χ0v) is 13.9. The Balaban J connectivity index is 1.58. The Morgan fingerprint density at radius 2 is 2.00 bits per heavy atom. The van der Waals surface area contributed by atoms with Gasteiger partial charge >= 0.3 is 6.09 Å². The molecule has 0 bridgehead atoms. The molecule has 0 unspecified atom stereocenters. The van der Waals surface area contributed by atoms with Gasteiger partial charge in [-0.05, 0) is 31.6 Å². The van der Waals surface area contributed by atoms with Crippen molar-refractivity contribution in [2.45, 2.75) is 44.2 Å². The lowest BCUT2D eigenvalue weighted by Crippen LogP contribution is -2.58. The normalized spacial score (nSPS) is 27.5. The summed E-state index contributed by atoms with van der Waals surface area (Å²) < 4.78 is 4.62. The Hall–Kier alpha value is -1.79. The Kier molecular flexibility index (Phi) is 4.46. The highest BCUT2D eigenvalue weighted by Crippen LogP contribution is 2.38. The van der Waals surface area contributed by atoms with E-state index in [1.54, 1.807) is 7.05 Å². The predicted molar refractivity (Wildman–Crippen MR) is 82.6 cm³/mol. The maximum Gasteiger partial charge on any atom is 0.409 e. The number of carbonyl (C=O) groups is 3. The van der Waals surface area contributed by atoms with Gasteiger partial charge in [-0.1, -0.05) is 0 Å². The second kappa shape index (κ2) is 6.37. The van der Waals surface area contributed by atoms with Crippen LogP contribution in [0.3, 0.4) is 0 Å². The van der Waals surface area contributed by atoms with Crippen LogP contribution in [-0.4, -0.2) is 78.5 Å². The summed E-state index contributed by atoms with van der Waals surface area (Å²) in [5.74, 6) is 0.611. The number of ether oxygens (including phenoxy) is 1. The van der Waals surface area contributed by atoms with Crippen LogP contribution < -0.4 is 0 Å². The van der Waals surface area contributed by atoms with Crippen molar-refractivity contribution in [2.75, 3.05) is 33.8 Å². The van der Waals surface area contributed by atoms with Crippen molar-refractivity contribution in [1.29, 1.82) is 0 Å². The molecule has 1 saturated carbocycles. The zero-order chi connectivity index (χ0) is 16.6. The number of hydrogen-bond acceptors (Lipinski definition) is 4. The lowest BCUT2D eigenvalue weighted by Gasteiger charge is -2.47. The fourth-order valence-corrected chi connectivity index (χ4v) is 3.87. The van der Waals surface area contributed by atoms with Crippen LogP contribution in [0.4, 0.5) is 4.79 Å². The maximum atomic E-state index is 12.4. The van der Waals surface area contributed by atoms with E-state index in [4.69, 9.17) is 0 Å². The van der Waals surface area contributed by atoms with Crippen molar-refractivity contribution in [2.24, 2.45) is 5.92 Å². The van der Waals surface area contributed by atoms with E-state index >= 15 is 0 Å². The number of fused-ring (bicyclic) bond motifs is 1. The molecule has 128 valence electrons. The molecular formula is C16H25N3O4. The molecule has 2 atom stereocenters. The third kappa shape index (κ3) is 3.28. The quantitative estimate of drug-likeness (QED) is 0.766. The highest BCUT2D eigenvalue weighted by molar-refractivity contribution is 5.82. The molecule has 0 aromatic heterocycles. The van der Waals surface area contributed by atoms with Crippen LogP contribution in [0.2, 0.25) is 0 Å². The lowest BCUT2D eigenvalue weighted by molar-refractivity contribution is -0.145. The first-order valence-corrected chi connectivity index (χ1v) is 8.39. The third-order valence-corrected chi connectivity index (χ3v) is 5.22. The van der Waals surface area contributed by atoms with Gasteiger partial charge in [0.05, 0.1) is 7.11 Å². The minimum absolute atomic E-state index is 0.0370. The number of likely N-dealkylation sites (tertiary alicyclic amines) is 2. The molecule has 0 spiro atoms. The van der Waals surface area contributed by atoms with E-state index in [-0.39, 0.29) is 12.5 Å². The van der Waals surface area contributed by atoms with E-state index in [1.165, 1.54) is 12.0 Å². The molecule has 3 amide bonds. The minimum Gasteiger partial charge on any atom is -0.453 e. The molecule has 2 aliphatic heterocycles. The number of carbonyl (C=O) groups excluding carboxylic acids is 3. The fraction of sp³-hybridized carbons (Fsp3) is 0.812. The van der Waals surface area contributed by atoms with Gasteiger partial charge in [-0.15, -0.1) is 0 Å². The van der Waals surface area contributed by atoms with Gasteiger partial charge in [-0.2, -0.15) is 0 Å². The van der Waals surface area contributed by atoms with Crippen LogP contribution >= 0.6 is 0 Å². The molecule has 1 aliphatic carbocycles. The second-order valence-electron chi connectivity index (χ2n) is 6.85. The summed E-state index contributed by atoms with van der Waals surface area (Å²) in [6.07, 6.45) is 4.06. The van der Waals surface area contributed by atoms with Gasteiger partial charge in [-0.25, -0.2) is 4.79 Å². The van der Waals surface area contributed by atoms with Gasteiger partial charge in [0.2, 0.25) is 11.8 Å². The van der Waals surface area contributed by atoms with Crippen LogP contribution in [0.25, 0.3) is 0 Å². The van der Waals surface area contributed by atoms with E-state index in [2.05, 4.69) is 9.64 Å². The molecule has 3 fully saturated rings. The number of likely N-dealkylation sites (N-methyl/N-ethyl adjacent to an activating group) is 1. The van der Waals surface area contributed by atoms with Gasteiger partial charge < -0.3 is 19.4 Å². The van der Waals surface area contributed by atoms with Gasteiger partial charge in [0, 0.05) is 38.6 Å². The standard InChI is InChI=1S/C16H25N3O4/c1-17(16(22)23-2)10-15(21)18-8-7-13-11(9-18)3-6-14(20)19(13)12-4-5-12/h11-13H,3-10H2,1-2H3/t11-,13-/m1/s1. The summed E-state index contributed by atoms with van der Waals surface area (Å²) >= 11 is 0. The van der Waals surface area contributed by atoms with Crippen molar-refractivity contribution in [3.05, 3.63) is 0 Å². The maximum absolute atomic E-state index is 12.4. The molecule has 2 saturated heterocycles. The molecule has 23 heavy (non-hydrogen) atoms. The van der Waals surface area contributed by atoms with Gasteiger partial charge in [0.25, 0.3) is 0 Å². The summed E-state index contributed by atoms with van der Waals surface area (Å²) in [6.45, 7) is 1.38. The highest BCUT2D eigenvalue weighted by Gasteiger charge is 2.45. The van der Waals surface area contributed by atoms with E-state index in [1.807, 2.05) is 4.90 Å². The number of hydrogen-bond donors (Lipinski definition) is 0. The topological polar surface area (TPSA) is 70.2 Å². The van der Waals surface area contributed by atoms with Crippen LogP contribution in [0.1, 0.15) is 32.1 Å². The molecule has 3 aliphatic rings. The van der Waals surface area contributed by atoms with Crippen molar-refractivity contribution < 1.29 is 19.1 Å². The third-order valence-electron chi connectivity index (χ3n) is 5.22. The largest absolute Gasteiger partial charge is 0.453 e. The van der Waals surface area contributed by atoms with Crippen LogP contribution in [0.5, 0.6) is 0 Å². The number of piperidine rings is 2. The average molecular weight is 323 g/mol. The SMILES string of the molecule is COC(=O)N(C)CC(=O)N1CC[C@@H]2[C@H](CCC(=O)N2C2CC2)C1. The summed E-state index contributed by atoms with van der Waals surface area (Å²) in [4.78, 5) is 41.2. The zero-order valence-electron chi connectivity index (χ0n) is 13.9.